The third kappa shape index (κ3) is 4.49. The molecule has 0 bridgehead atoms. The van der Waals surface area contributed by atoms with Gasteiger partial charge in [0, 0.05) is 24.4 Å². The van der Waals surface area contributed by atoms with Gasteiger partial charge in [-0.15, -0.1) is 0 Å². The second kappa shape index (κ2) is 7.84. The minimum absolute atomic E-state index is 0.243. The molecule has 0 aliphatic heterocycles. The average molecular weight is 318 g/mol. The summed E-state index contributed by atoms with van der Waals surface area (Å²) < 4.78 is 28.7. The molecule has 5 nitrogen and oxygen atoms in total. The fourth-order valence-electron chi connectivity index (χ4n) is 2.02. The topological polar surface area (TPSA) is 69.7 Å². The van der Waals surface area contributed by atoms with Crippen molar-refractivity contribution in [1.82, 2.24) is 4.31 Å². The highest BCUT2D eigenvalue weighted by molar-refractivity contribution is 7.76. The van der Waals surface area contributed by atoms with Crippen molar-refractivity contribution in [1.29, 1.82) is 0 Å². The molecule has 0 N–H and O–H groups in total. The number of rotatable bonds is 6. The predicted molar refractivity (Wildman–Crippen MR) is 82.4 cm³/mol. The predicted octanol–water partition coefficient (Wildman–Crippen LogP) is 2.27. The van der Waals surface area contributed by atoms with E-state index in [4.69, 9.17) is 0 Å². The Hall–Kier alpha value is -2.02. The molecule has 0 aliphatic rings. The zero-order chi connectivity index (χ0) is 15.9. The lowest BCUT2D eigenvalue weighted by molar-refractivity contribution is 0.0600. The Kier molecular flexibility index (Phi) is 5.83. The third-order valence-electron chi connectivity index (χ3n) is 3.15. The fourth-order valence-corrected chi connectivity index (χ4v) is 2.53. The van der Waals surface area contributed by atoms with Crippen molar-refractivity contribution in [2.75, 3.05) is 7.11 Å². The molecule has 1 unspecified atom stereocenters. The first-order valence-electron chi connectivity index (χ1n) is 6.65. The summed E-state index contributed by atoms with van der Waals surface area (Å²) in [5.41, 5.74) is 2.15. The van der Waals surface area contributed by atoms with Gasteiger partial charge in [0.05, 0.1) is 12.7 Å². The minimum atomic E-state index is -2.33. The SMILES string of the molecule is COC(=O)c1ccc(CN(Cc2ccccc2)S(=O)[O-])cc1. The van der Waals surface area contributed by atoms with Crippen LogP contribution in [-0.4, -0.2) is 26.1 Å². The van der Waals surface area contributed by atoms with Crippen LogP contribution in [0.4, 0.5) is 0 Å². The van der Waals surface area contributed by atoms with Gasteiger partial charge in [-0.05, 0) is 23.3 Å². The lowest BCUT2D eigenvalue weighted by atomic mass is 10.1. The van der Waals surface area contributed by atoms with E-state index in [0.29, 0.717) is 12.1 Å². The second-order valence-electron chi connectivity index (χ2n) is 4.69. The molecule has 0 heterocycles. The van der Waals surface area contributed by atoms with Crippen LogP contribution < -0.4 is 0 Å². The van der Waals surface area contributed by atoms with E-state index < -0.39 is 17.2 Å². The van der Waals surface area contributed by atoms with Crippen LogP contribution in [0.5, 0.6) is 0 Å². The molecule has 0 radical (unpaired) electrons. The zero-order valence-corrected chi connectivity index (χ0v) is 12.9. The van der Waals surface area contributed by atoms with Crippen LogP contribution in [0.25, 0.3) is 0 Å². The van der Waals surface area contributed by atoms with Gasteiger partial charge < -0.3 is 9.29 Å². The summed E-state index contributed by atoms with van der Waals surface area (Å²) in [4.78, 5) is 11.4. The molecular formula is C16H16NO4S-. The molecule has 0 saturated carbocycles. The normalized spacial score (nSPS) is 12.1. The first-order valence-corrected chi connectivity index (χ1v) is 7.69. The number of hydrogen-bond donors (Lipinski definition) is 0. The van der Waals surface area contributed by atoms with Crippen molar-refractivity contribution < 1.29 is 18.3 Å². The molecule has 1 atom stereocenters. The van der Waals surface area contributed by atoms with Gasteiger partial charge in [0.2, 0.25) is 0 Å². The highest BCUT2D eigenvalue weighted by Crippen LogP contribution is 2.13. The van der Waals surface area contributed by atoms with Gasteiger partial charge in [0.25, 0.3) is 0 Å². The number of nitrogens with zero attached hydrogens (tertiary/aromatic N) is 1. The number of methoxy groups -OCH3 is 1. The molecule has 116 valence electrons. The largest absolute Gasteiger partial charge is 0.760 e. The third-order valence-corrected chi connectivity index (χ3v) is 3.83. The molecule has 0 aromatic heterocycles. The first-order chi connectivity index (χ1) is 10.6. The van der Waals surface area contributed by atoms with Crippen LogP contribution >= 0.6 is 0 Å². The molecule has 2 aromatic rings. The van der Waals surface area contributed by atoms with E-state index in [1.807, 2.05) is 30.3 Å². The van der Waals surface area contributed by atoms with Crippen molar-refractivity contribution >= 4 is 17.2 Å². The number of carbonyl (C=O) groups excluding carboxylic acids is 1. The molecule has 6 heteroatoms. The van der Waals surface area contributed by atoms with E-state index >= 15 is 0 Å². The summed E-state index contributed by atoms with van der Waals surface area (Å²) in [6, 6.07) is 16.0. The van der Waals surface area contributed by atoms with E-state index in [1.54, 1.807) is 24.3 Å². The molecule has 0 fully saturated rings. The van der Waals surface area contributed by atoms with Crippen molar-refractivity contribution in [2.24, 2.45) is 0 Å². The maximum absolute atomic E-state index is 11.4. The van der Waals surface area contributed by atoms with Crippen LogP contribution in [0.3, 0.4) is 0 Å². The van der Waals surface area contributed by atoms with Crippen molar-refractivity contribution in [3.05, 3.63) is 71.3 Å². The van der Waals surface area contributed by atoms with E-state index in [2.05, 4.69) is 4.74 Å². The quantitative estimate of drug-likeness (QED) is 0.605. The Labute approximate surface area is 131 Å². The van der Waals surface area contributed by atoms with Gasteiger partial charge in [0.1, 0.15) is 0 Å². The molecule has 0 amide bonds. The van der Waals surface area contributed by atoms with Crippen molar-refractivity contribution in [3.63, 3.8) is 0 Å². The van der Waals surface area contributed by atoms with Gasteiger partial charge in [-0.25, -0.2) is 9.10 Å². The van der Waals surface area contributed by atoms with Gasteiger partial charge >= 0.3 is 5.97 Å². The van der Waals surface area contributed by atoms with Gasteiger partial charge in [-0.2, -0.15) is 0 Å². The maximum atomic E-state index is 11.4. The van der Waals surface area contributed by atoms with Crippen LogP contribution in [0.15, 0.2) is 54.6 Å². The maximum Gasteiger partial charge on any atom is 0.337 e. The monoisotopic (exact) mass is 318 g/mol. The smallest absolute Gasteiger partial charge is 0.337 e. The lowest BCUT2D eigenvalue weighted by Gasteiger charge is -2.24. The van der Waals surface area contributed by atoms with Crippen LogP contribution in [0.1, 0.15) is 21.5 Å². The Balaban J connectivity index is 2.08. The van der Waals surface area contributed by atoms with Gasteiger partial charge in [-0.3, -0.25) is 4.21 Å². The molecule has 2 aromatic carbocycles. The lowest BCUT2D eigenvalue weighted by Crippen LogP contribution is -2.24. The highest BCUT2D eigenvalue weighted by Gasteiger charge is 2.09. The fraction of sp³-hybridized carbons (Fsp3) is 0.188. The molecular weight excluding hydrogens is 302 g/mol. The molecule has 0 aliphatic carbocycles. The number of hydrogen-bond acceptors (Lipinski definition) is 4. The van der Waals surface area contributed by atoms with Gasteiger partial charge in [-0.1, -0.05) is 42.5 Å². The molecule has 22 heavy (non-hydrogen) atoms. The average Bonchev–Trinajstić information content (AvgIpc) is 2.55. The summed E-state index contributed by atoms with van der Waals surface area (Å²) in [7, 11) is 1.32. The van der Waals surface area contributed by atoms with Crippen LogP contribution in [0.2, 0.25) is 0 Å². The zero-order valence-electron chi connectivity index (χ0n) is 12.1. The summed E-state index contributed by atoms with van der Waals surface area (Å²) in [5, 5.41) is 0. The summed E-state index contributed by atoms with van der Waals surface area (Å²) >= 11 is -2.33. The number of ether oxygens (including phenoxy) is 1. The standard InChI is InChI=1S/C16H17NO4S/c1-21-16(18)15-9-7-14(8-10-15)12-17(22(19)20)11-13-5-3-2-4-6-13/h2-10H,11-12H2,1H3,(H,19,20)/p-1. The van der Waals surface area contributed by atoms with E-state index in [9.17, 15) is 13.6 Å². The number of benzene rings is 2. The molecule has 2 rings (SSSR count). The van der Waals surface area contributed by atoms with Gasteiger partial charge in [0.15, 0.2) is 0 Å². The summed E-state index contributed by atoms with van der Waals surface area (Å²) in [5.74, 6) is -0.417. The number of carbonyl (C=O) groups is 1. The highest BCUT2D eigenvalue weighted by atomic mass is 32.2. The minimum Gasteiger partial charge on any atom is -0.760 e. The van der Waals surface area contributed by atoms with Crippen LogP contribution in [0, 0.1) is 0 Å². The molecule has 0 saturated heterocycles. The van der Waals surface area contributed by atoms with Crippen molar-refractivity contribution in [2.45, 2.75) is 13.1 Å². The summed E-state index contributed by atoms with van der Waals surface area (Å²) in [6.07, 6.45) is 0. The molecule has 0 spiro atoms. The first kappa shape index (κ1) is 16.4. The Morgan fingerprint density at radius 1 is 1.05 bits per heavy atom. The van der Waals surface area contributed by atoms with E-state index in [0.717, 1.165) is 11.1 Å². The van der Waals surface area contributed by atoms with Crippen LogP contribution in [-0.2, 0) is 29.1 Å². The Bertz CT molecular complexity index is 643. The van der Waals surface area contributed by atoms with E-state index in [1.165, 1.54) is 11.4 Å². The summed E-state index contributed by atoms with van der Waals surface area (Å²) in [6.45, 7) is 0.544. The Morgan fingerprint density at radius 2 is 1.59 bits per heavy atom. The number of esters is 1. The second-order valence-corrected chi connectivity index (χ2v) is 5.64. The Morgan fingerprint density at radius 3 is 2.09 bits per heavy atom. The van der Waals surface area contributed by atoms with Crippen molar-refractivity contribution in [3.8, 4) is 0 Å². The van der Waals surface area contributed by atoms with E-state index in [-0.39, 0.29) is 6.54 Å².